The van der Waals surface area contributed by atoms with E-state index < -0.39 is 55.0 Å². The molecule has 0 heterocycles. The Kier molecular flexibility index (Phi) is 10.3. The van der Waals surface area contributed by atoms with Crippen molar-refractivity contribution in [1.82, 2.24) is 10.6 Å². The van der Waals surface area contributed by atoms with Gasteiger partial charge in [-0.15, -0.1) is 0 Å². The maximum Gasteiger partial charge on any atom is 0.325 e. The summed E-state index contributed by atoms with van der Waals surface area (Å²) in [5.74, 6) is -3.10. The second-order valence-corrected chi connectivity index (χ2v) is 4.68. The lowest BCUT2D eigenvalue weighted by Crippen LogP contribution is -2.49. The zero-order chi connectivity index (χ0) is 18.7. The molecule has 2 amide bonds. The maximum absolute atomic E-state index is 11.6. The van der Waals surface area contributed by atoms with Crippen LogP contribution in [0.3, 0.4) is 0 Å². The van der Waals surface area contributed by atoms with Gasteiger partial charge in [-0.3, -0.25) is 19.2 Å². The van der Waals surface area contributed by atoms with Crippen LogP contribution in [0.2, 0.25) is 0 Å². The highest BCUT2D eigenvalue weighted by molar-refractivity contribution is 5.83. The average molecular weight is 350 g/mol. The molecule has 0 spiro atoms. The molecule has 0 radical (unpaired) electrons. The standard InChI is InChI=1S/C13H22N2O9/c1-23-9(18)3-4-14-13(22)12(21)11(20)7(16)5-8(17)15-6-10(19)24-2/h7,11-12,16,20-21H,3-6H2,1-2H3,(H,14,22)(H,15,17)/t7?,11-,12+/m0/s1. The summed E-state index contributed by atoms with van der Waals surface area (Å²) in [5.41, 5.74) is 0. The van der Waals surface area contributed by atoms with E-state index in [1.54, 1.807) is 0 Å². The molecule has 3 atom stereocenters. The third-order valence-corrected chi connectivity index (χ3v) is 2.89. The fourth-order valence-corrected chi connectivity index (χ4v) is 1.49. The highest BCUT2D eigenvalue weighted by Crippen LogP contribution is 2.05. The Bertz CT molecular complexity index is 455. The highest BCUT2D eigenvalue weighted by atomic mass is 16.5. The van der Waals surface area contributed by atoms with E-state index in [4.69, 9.17) is 0 Å². The van der Waals surface area contributed by atoms with Gasteiger partial charge in [0, 0.05) is 6.54 Å². The lowest BCUT2D eigenvalue weighted by atomic mass is 10.0. The predicted octanol–water partition coefficient (Wildman–Crippen LogP) is -3.57. The molecule has 0 aliphatic heterocycles. The molecule has 0 bridgehead atoms. The number of aliphatic hydroxyl groups is 3. The number of carbonyl (C=O) groups excluding carboxylic acids is 4. The summed E-state index contributed by atoms with van der Waals surface area (Å²) in [6.07, 6.45) is -6.48. The van der Waals surface area contributed by atoms with Gasteiger partial charge in [-0.05, 0) is 0 Å². The van der Waals surface area contributed by atoms with Gasteiger partial charge in [0.15, 0.2) is 6.10 Å². The van der Waals surface area contributed by atoms with Crippen molar-refractivity contribution < 1.29 is 44.0 Å². The molecule has 0 aromatic carbocycles. The van der Waals surface area contributed by atoms with Gasteiger partial charge in [-0.1, -0.05) is 0 Å². The number of esters is 2. The van der Waals surface area contributed by atoms with Crippen molar-refractivity contribution in [2.75, 3.05) is 27.3 Å². The first-order valence-electron chi connectivity index (χ1n) is 6.95. The molecule has 0 aliphatic carbocycles. The van der Waals surface area contributed by atoms with Gasteiger partial charge in [0.25, 0.3) is 5.91 Å². The fourth-order valence-electron chi connectivity index (χ4n) is 1.49. The van der Waals surface area contributed by atoms with Crippen LogP contribution in [0.1, 0.15) is 12.8 Å². The number of amides is 2. The van der Waals surface area contributed by atoms with Crippen molar-refractivity contribution in [2.24, 2.45) is 0 Å². The zero-order valence-corrected chi connectivity index (χ0v) is 13.4. The van der Waals surface area contributed by atoms with Crippen molar-refractivity contribution in [2.45, 2.75) is 31.2 Å². The number of carbonyl (C=O) groups is 4. The van der Waals surface area contributed by atoms with Crippen LogP contribution >= 0.6 is 0 Å². The molecule has 0 saturated carbocycles. The second-order valence-electron chi connectivity index (χ2n) is 4.68. The normalized spacial score (nSPS) is 14.0. The van der Waals surface area contributed by atoms with Crippen molar-refractivity contribution in [3.63, 3.8) is 0 Å². The van der Waals surface area contributed by atoms with Crippen LogP contribution in [-0.2, 0) is 28.7 Å². The molecule has 0 saturated heterocycles. The summed E-state index contributed by atoms with van der Waals surface area (Å²) in [6.45, 7) is -0.556. The predicted molar refractivity (Wildman–Crippen MR) is 77.3 cm³/mol. The number of ether oxygens (including phenoxy) is 2. The van der Waals surface area contributed by atoms with Crippen molar-refractivity contribution in [3.8, 4) is 0 Å². The third kappa shape index (κ3) is 8.41. The van der Waals surface area contributed by atoms with Gasteiger partial charge in [-0.25, -0.2) is 0 Å². The minimum absolute atomic E-state index is 0.134. The SMILES string of the molecule is COC(=O)CCNC(=O)[C@H](O)[C@@H](O)C(O)CC(=O)NCC(=O)OC. The first kappa shape index (κ1) is 21.8. The monoisotopic (exact) mass is 350 g/mol. The first-order chi connectivity index (χ1) is 11.2. The second kappa shape index (κ2) is 11.3. The van der Waals surface area contributed by atoms with Crippen LogP contribution < -0.4 is 10.6 Å². The molecule has 11 heteroatoms. The molecular formula is C13H22N2O9. The molecule has 0 rings (SSSR count). The number of aliphatic hydroxyl groups excluding tert-OH is 3. The summed E-state index contributed by atoms with van der Waals surface area (Å²) >= 11 is 0. The van der Waals surface area contributed by atoms with Crippen LogP contribution in [-0.4, -0.2) is 84.7 Å². The summed E-state index contributed by atoms with van der Waals surface area (Å²) in [4.78, 5) is 44.7. The average Bonchev–Trinajstić information content (AvgIpc) is 2.57. The van der Waals surface area contributed by atoms with Crippen LogP contribution in [0.4, 0.5) is 0 Å². The van der Waals surface area contributed by atoms with E-state index >= 15 is 0 Å². The molecule has 0 aromatic rings. The largest absolute Gasteiger partial charge is 0.469 e. The topological polar surface area (TPSA) is 171 Å². The van der Waals surface area contributed by atoms with Crippen molar-refractivity contribution in [3.05, 3.63) is 0 Å². The summed E-state index contributed by atoms with van der Waals surface area (Å²) in [5, 5.41) is 33.2. The molecule has 0 aliphatic rings. The van der Waals surface area contributed by atoms with E-state index in [0.29, 0.717) is 0 Å². The summed E-state index contributed by atoms with van der Waals surface area (Å²) in [7, 11) is 2.30. The lowest BCUT2D eigenvalue weighted by Gasteiger charge is -2.22. The number of methoxy groups -OCH3 is 2. The van der Waals surface area contributed by atoms with Gasteiger partial charge in [0.2, 0.25) is 5.91 Å². The van der Waals surface area contributed by atoms with E-state index in [-0.39, 0.29) is 13.0 Å². The Morgan fingerprint density at radius 2 is 1.54 bits per heavy atom. The Morgan fingerprint density at radius 3 is 2.08 bits per heavy atom. The van der Waals surface area contributed by atoms with E-state index in [1.165, 1.54) is 7.11 Å². The first-order valence-corrected chi connectivity index (χ1v) is 6.95. The van der Waals surface area contributed by atoms with E-state index in [2.05, 4.69) is 20.1 Å². The number of nitrogens with one attached hydrogen (secondary N) is 2. The number of hydrogen-bond acceptors (Lipinski definition) is 9. The minimum Gasteiger partial charge on any atom is -0.469 e. The molecule has 5 N–H and O–H groups in total. The van der Waals surface area contributed by atoms with Gasteiger partial charge < -0.3 is 35.4 Å². The fraction of sp³-hybridized carbons (Fsp3) is 0.692. The van der Waals surface area contributed by atoms with Gasteiger partial charge >= 0.3 is 11.9 Å². The molecule has 11 nitrogen and oxygen atoms in total. The summed E-state index contributed by atoms with van der Waals surface area (Å²) < 4.78 is 8.64. The van der Waals surface area contributed by atoms with E-state index in [1.807, 2.05) is 0 Å². The van der Waals surface area contributed by atoms with Crippen LogP contribution in [0.25, 0.3) is 0 Å². The van der Waals surface area contributed by atoms with Crippen LogP contribution in [0.5, 0.6) is 0 Å². The van der Waals surface area contributed by atoms with Crippen LogP contribution in [0.15, 0.2) is 0 Å². The molecule has 1 unspecified atom stereocenters. The Hall–Kier alpha value is -2.24. The lowest BCUT2D eigenvalue weighted by molar-refractivity contribution is -0.145. The zero-order valence-electron chi connectivity index (χ0n) is 13.4. The molecule has 0 fully saturated rings. The molecule has 138 valence electrons. The minimum atomic E-state index is -2.01. The number of rotatable bonds is 10. The third-order valence-electron chi connectivity index (χ3n) is 2.89. The highest BCUT2D eigenvalue weighted by Gasteiger charge is 2.31. The van der Waals surface area contributed by atoms with Crippen molar-refractivity contribution in [1.29, 1.82) is 0 Å². The molecule has 0 aromatic heterocycles. The van der Waals surface area contributed by atoms with E-state index in [9.17, 15) is 34.5 Å². The molecular weight excluding hydrogens is 328 g/mol. The Labute approximate surface area is 137 Å². The smallest absolute Gasteiger partial charge is 0.325 e. The summed E-state index contributed by atoms with van der Waals surface area (Å²) in [6, 6.07) is 0. The quantitative estimate of drug-likeness (QED) is 0.250. The van der Waals surface area contributed by atoms with Gasteiger partial charge in [0.1, 0.15) is 12.6 Å². The Morgan fingerprint density at radius 1 is 0.958 bits per heavy atom. The van der Waals surface area contributed by atoms with Crippen molar-refractivity contribution >= 4 is 23.8 Å². The Balaban J connectivity index is 4.26. The van der Waals surface area contributed by atoms with Crippen LogP contribution in [0, 0.1) is 0 Å². The van der Waals surface area contributed by atoms with E-state index in [0.717, 1.165) is 7.11 Å². The van der Waals surface area contributed by atoms with Gasteiger partial charge in [0.05, 0.1) is 33.2 Å². The van der Waals surface area contributed by atoms with Gasteiger partial charge in [-0.2, -0.15) is 0 Å². The molecule has 24 heavy (non-hydrogen) atoms. The number of hydrogen-bond donors (Lipinski definition) is 5. The maximum atomic E-state index is 11.6.